The summed E-state index contributed by atoms with van der Waals surface area (Å²) in [7, 11) is 0. The van der Waals surface area contributed by atoms with E-state index < -0.39 is 0 Å². The Kier molecular flexibility index (Phi) is 3.76. The molecule has 2 N–H and O–H groups in total. The van der Waals surface area contributed by atoms with Gasteiger partial charge in [-0.15, -0.1) is 0 Å². The summed E-state index contributed by atoms with van der Waals surface area (Å²) in [4.78, 5) is 13.5. The predicted octanol–water partition coefficient (Wildman–Crippen LogP) is 0.567. The van der Waals surface area contributed by atoms with Gasteiger partial charge in [-0.1, -0.05) is 12.1 Å². The van der Waals surface area contributed by atoms with Crippen LogP contribution in [0.15, 0.2) is 24.3 Å². The maximum absolute atomic E-state index is 11.8. The first-order valence-electron chi connectivity index (χ1n) is 5.85. The summed E-state index contributed by atoms with van der Waals surface area (Å²) < 4.78 is 0. The van der Waals surface area contributed by atoms with Crippen LogP contribution >= 0.6 is 0 Å². The second-order valence-electron chi connectivity index (χ2n) is 4.40. The highest BCUT2D eigenvalue weighted by Crippen LogP contribution is 2.25. The minimum atomic E-state index is 0.0454. The summed E-state index contributed by atoms with van der Waals surface area (Å²) in [6.07, 6.45) is 1.01. The number of hydrogen-bond donors (Lipinski definition) is 2. The molecule has 4 heteroatoms. The highest BCUT2D eigenvalue weighted by atomic mass is 16.3. The molecular weight excluding hydrogens is 218 g/mol. The van der Waals surface area contributed by atoms with Gasteiger partial charge in [-0.05, 0) is 24.1 Å². The van der Waals surface area contributed by atoms with Crippen LogP contribution in [0, 0.1) is 5.92 Å². The lowest BCUT2D eigenvalue weighted by atomic mass is 10.1. The molecule has 1 fully saturated rings. The average Bonchev–Trinajstić information content (AvgIpc) is 2.71. The van der Waals surface area contributed by atoms with E-state index >= 15 is 0 Å². The number of anilines is 1. The number of amides is 1. The fraction of sp³-hybridized carbons (Fsp3) is 0.462. The van der Waals surface area contributed by atoms with E-state index in [2.05, 4.69) is 0 Å². The Bertz CT molecular complexity index is 405. The maximum atomic E-state index is 11.8. The number of hydrogen-bond acceptors (Lipinski definition) is 3. The van der Waals surface area contributed by atoms with E-state index in [0.29, 0.717) is 19.4 Å². The van der Waals surface area contributed by atoms with E-state index in [9.17, 15) is 4.79 Å². The molecule has 0 bridgehead atoms. The summed E-state index contributed by atoms with van der Waals surface area (Å²) in [5.74, 6) is 0.106. The number of aliphatic hydroxyl groups is 2. The Balaban J connectivity index is 2.16. The molecule has 1 amide bonds. The van der Waals surface area contributed by atoms with Gasteiger partial charge in [0.15, 0.2) is 0 Å². The molecule has 1 unspecified atom stereocenters. The molecule has 1 saturated heterocycles. The van der Waals surface area contributed by atoms with Crippen LogP contribution in [0.1, 0.15) is 12.0 Å². The Labute approximate surface area is 100 Å². The molecule has 0 spiro atoms. The lowest BCUT2D eigenvalue weighted by Gasteiger charge is -2.17. The first kappa shape index (κ1) is 12.1. The number of benzene rings is 1. The van der Waals surface area contributed by atoms with Crippen molar-refractivity contribution in [3.8, 4) is 0 Å². The third-order valence-electron chi connectivity index (χ3n) is 3.09. The number of rotatable bonds is 4. The second-order valence-corrected chi connectivity index (χ2v) is 4.40. The lowest BCUT2D eigenvalue weighted by molar-refractivity contribution is -0.117. The quantitative estimate of drug-likeness (QED) is 0.802. The van der Waals surface area contributed by atoms with E-state index in [1.54, 1.807) is 4.90 Å². The molecule has 17 heavy (non-hydrogen) atoms. The highest BCUT2D eigenvalue weighted by Gasteiger charge is 2.29. The SMILES string of the molecule is O=C1CC(CO)CN1c1cccc(CCO)c1. The maximum Gasteiger partial charge on any atom is 0.227 e. The summed E-state index contributed by atoms with van der Waals surface area (Å²) in [5, 5.41) is 18.0. The predicted molar refractivity (Wildman–Crippen MR) is 64.8 cm³/mol. The van der Waals surface area contributed by atoms with Gasteiger partial charge < -0.3 is 15.1 Å². The first-order chi connectivity index (χ1) is 8.24. The van der Waals surface area contributed by atoms with Crippen molar-refractivity contribution in [2.75, 3.05) is 24.7 Å². The summed E-state index contributed by atoms with van der Waals surface area (Å²) in [5.41, 5.74) is 1.88. The normalized spacial score (nSPS) is 20.0. The van der Waals surface area contributed by atoms with Crippen molar-refractivity contribution in [3.63, 3.8) is 0 Å². The van der Waals surface area contributed by atoms with Gasteiger partial charge in [-0.2, -0.15) is 0 Å². The molecule has 2 rings (SSSR count). The minimum absolute atomic E-state index is 0.0454. The molecule has 1 aromatic carbocycles. The van der Waals surface area contributed by atoms with E-state index in [1.807, 2.05) is 24.3 Å². The Hall–Kier alpha value is -1.39. The van der Waals surface area contributed by atoms with Crippen molar-refractivity contribution in [3.05, 3.63) is 29.8 Å². The van der Waals surface area contributed by atoms with Crippen LogP contribution in [-0.2, 0) is 11.2 Å². The van der Waals surface area contributed by atoms with Crippen LogP contribution < -0.4 is 4.90 Å². The average molecular weight is 235 g/mol. The number of carbonyl (C=O) groups is 1. The van der Waals surface area contributed by atoms with Crippen molar-refractivity contribution in [1.29, 1.82) is 0 Å². The van der Waals surface area contributed by atoms with Crippen molar-refractivity contribution in [2.45, 2.75) is 12.8 Å². The van der Waals surface area contributed by atoms with Crippen LogP contribution in [-0.4, -0.2) is 35.9 Å². The molecule has 92 valence electrons. The van der Waals surface area contributed by atoms with Crippen molar-refractivity contribution in [1.82, 2.24) is 0 Å². The fourth-order valence-corrected chi connectivity index (χ4v) is 2.16. The number of aliphatic hydroxyl groups excluding tert-OH is 2. The zero-order chi connectivity index (χ0) is 12.3. The van der Waals surface area contributed by atoms with Crippen LogP contribution in [0.2, 0.25) is 0 Å². The van der Waals surface area contributed by atoms with Crippen LogP contribution in [0.4, 0.5) is 5.69 Å². The first-order valence-corrected chi connectivity index (χ1v) is 5.85. The lowest BCUT2D eigenvalue weighted by Crippen LogP contribution is -2.24. The van der Waals surface area contributed by atoms with Crippen LogP contribution in [0.3, 0.4) is 0 Å². The molecule has 0 aliphatic carbocycles. The molecular formula is C13H17NO3. The van der Waals surface area contributed by atoms with Crippen molar-refractivity contribution < 1.29 is 15.0 Å². The highest BCUT2D eigenvalue weighted by molar-refractivity contribution is 5.95. The standard InChI is InChI=1S/C13H17NO3/c15-5-4-10-2-1-3-12(6-10)14-8-11(9-16)7-13(14)17/h1-3,6,11,15-16H,4-5,7-9H2. The minimum Gasteiger partial charge on any atom is -0.396 e. The molecule has 1 atom stereocenters. The fourth-order valence-electron chi connectivity index (χ4n) is 2.16. The third kappa shape index (κ3) is 2.65. The smallest absolute Gasteiger partial charge is 0.227 e. The van der Waals surface area contributed by atoms with Gasteiger partial charge in [0, 0.05) is 37.8 Å². The van der Waals surface area contributed by atoms with E-state index in [1.165, 1.54) is 0 Å². The second kappa shape index (κ2) is 5.29. The summed E-state index contributed by atoms with van der Waals surface area (Å²) >= 11 is 0. The molecule has 1 heterocycles. The molecule has 0 aromatic heterocycles. The van der Waals surface area contributed by atoms with Crippen molar-refractivity contribution in [2.24, 2.45) is 5.92 Å². The van der Waals surface area contributed by atoms with Gasteiger partial charge in [-0.25, -0.2) is 0 Å². The Morgan fingerprint density at radius 1 is 1.35 bits per heavy atom. The van der Waals surface area contributed by atoms with Crippen LogP contribution in [0.25, 0.3) is 0 Å². The Morgan fingerprint density at radius 2 is 2.18 bits per heavy atom. The zero-order valence-electron chi connectivity index (χ0n) is 9.67. The van der Waals surface area contributed by atoms with Gasteiger partial charge in [0.25, 0.3) is 0 Å². The number of carbonyl (C=O) groups excluding carboxylic acids is 1. The van der Waals surface area contributed by atoms with E-state index in [4.69, 9.17) is 10.2 Å². The van der Waals surface area contributed by atoms with Gasteiger partial charge >= 0.3 is 0 Å². The van der Waals surface area contributed by atoms with E-state index in [-0.39, 0.29) is 25.0 Å². The van der Waals surface area contributed by atoms with Crippen LogP contribution in [0.5, 0.6) is 0 Å². The van der Waals surface area contributed by atoms with Gasteiger partial charge in [-0.3, -0.25) is 4.79 Å². The Morgan fingerprint density at radius 3 is 2.82 bits per heavy atom. The molecule has 1 aromatic rings. The molecule has 1 aliphatic heterocycles. The molecule has 4 nitrogen and oxygen atoms in total. The molecule has 1 aliphatic rings. The monoisotopic (exact) mass is 235 g/mol. The van der Waals surface area contributed by atoms with Crippen molar-refractivity contribution >= 4 is 11.6 Å². The largest absolute Gasteiger partial charge is 0.396 e. The molecule has 0 saturated carbocycles. The summed E-state index contributed by atoms with van der Waals surface area (Å²) in [6.45, 7) is 0.743. The van der Waals surface area contributed by atoms with Gasteiger partial charge in [0.1, 0.15) is 0 Å². The molecule has 0 radical (unpaired) electrons. The zero-order valence-corrected chi connectivity index (χ0v) is 9.67. The topological polar surface area (TPSA) is 60.8 Å². The van der Waals surface area contributed by atoms with E-state index in [0.717, 1.165) is 11.3 Å². The number of nitrogens with zero attached hydrogens (tertiary/aromatic N) is 1. The summed E-state index contributed by atoms with van der Waals surface area (Å²) in [6, 6.07) is 7.63. The third-order valence-corrected chi connectivity index (χ3v) is 3.09. The van der Waals surface area contributed by atoms with Gasteiger partial charge in [0.2, 0.25) is 5.91 Å². The van der Waals surface area contributed by atoms with Gasteiger partial charge in [0.05, 0.1) is 0 Å².